The maximum absolute atomic E-state index is 5.88. The second-order valence-electron chi connectivity index (χ2n) is 5.58. The van der Waals surface area contributed by atoms with E-state index in [1.54, 1.807) is 6.20 Å². The van der Waals surface area contributed by atoms with Gasteiger partial charge in [-0.15, -0.1) is 11.3 Å². The maximum Gasteiger partial charge on any atom is 0.138 e. The quantitative estimate of drug-likeness (QED) is 0.896. The number of nitrogens with zero attached hydrogens (tertiary/aromatic N) is 1. The molecule has 3 nitrogen and oxygen atoms in total. The summed E-state index contributed by atoms with van der Waals surface area (Å²) in [6, 6.07) is 7.78. The molecule has 0 saturated heterocycles. The van der Waals surface area contributed by atoms with Crippen LogP contribution in [-0.2, 0) is 13.2 Å². The van der Waals surface area contributed by atoms with Crippen LogP contribution >= 0.6 is 22.9 Å². The topological polar surface area (TPSA) is 34.1 Å². The molecule has 1 N–H and O–H groups in total. The zero-order chi connectivity index (χ0) is 14.6. The number of pyridine rings is 1. The van der Waals surface area contributed by atoms with Crippen LogP contribution in [0.1, 0.15) is 31.3 Å². The molecule has 0 spiro atoms. The Kier molecular flexibility index (Phi) is 5.02. The van der Waals surface area contributed by atoms with Gasteiger partial charge >= 0.3 is 0 Å². The molecule has 108 valence electrons. The van der Waals surface area contributed by atoms with Crippen LogP contribution in [0.2, 0.25) is 4.34 Å². The highest BCUT2D eigenvalue weighted by Gasteiger charge is 2.08. The number of halogens is 1. The normalized spacial score (nSPS) is 11.6. The molecular weight excluding hydrogens is 292 g/mol. The average Bonchev–Trinajstić information content (AvgIpc) is 2.80. The first-order valence-corrected chi connectivity index (χ1v) is 7.69. The molecule has 0 atom stereocenters. The standard InChI is InChI=1S/C15H19ClN2OS/c1-15(2,3)18-8-11-4-5-12(9-17-11)19-10-13-6-7-14(16)20-13/h4-7,9,18H,8,10H2,1-3H3. The van der Waals surface area contributed by atoms with E-state index >= 15 is 0 Å². The van der Waals surface area contributed by atoms with E-state index in [0.717, 1.165) is 27.2 Å². The summed E-state index contributed by atoms with van der Waals surface area (Å²) < 4.78 is 6.46. The molecule has 0 bridgehead atoms. The third kappa shape index (κ3) is 5.12. The highest BCUT2D eigenvalue weighted by atomic mass is 35.5. The molecule has 5 heteroatoms. The summed E-state index contributed by atoms with van der Waals surface area (Å²) in [7, 11) is 0. The van der Waals surface area contributed by atoms with E-state index in [9.17, 15) is 0 Å². The van der Waals surface area contributed by atoms with Crippen molar-refractivity contribution in [1.82, 2.24) is 10.3 Å². The van der Waals surface area contributed by atoms with Gasteiger partial charge in [0.25, 0.3) is 0 Å². The molecule has 0 aliphatic carbocycles. The second kappa shape index (κ2) is 6.57. The Morgan fingerprint density at radius 1 is 1.25 bits per heavy atom. The van der Waals surface area contributed by atoms with Crippen molar-refractivity contribution in [2.24, 2.45) is 0 Å². The lowest BCUT2D eigenvalue weighted by atomic mass is 10.1. The predicted octanol–water partition coefficient (Wildman–Crippen LogP) is 4.26. The van der Waals surface area contributed by atoms with Crippen LogP contribution in [0.5, 0.6) is 5.75 Å². The molecule has 0 fully saturated rings. The zero-order valence-corrected chi connectivity index (χ0v) is 13.5. The molecule has 2 rings (SSSR count). The predicted molar refractivity (Wildman–Crippen MR) is 84.5 cm³/mol. The molecule has 20 heavy (non-hydrogen) atoms. The number of ether oxygens (including phenoxy) is 1. The van der Waals surface area contributed by atoms with E-state index in [1.807, 2.05) is 24.3 Å². The zero-order valence-electron chi connectivity index (χ0n) is 11.9. The van der Waals surface area contributed by atoms with Crippen molar-refractivity contribution in [3.8, 4) is 5.75 Å². The van der Waals surface area contributed by atoms with Crippen LogP contribution < -0.4 is 10.1 Å². The van der Waals surface area contributed by atoms with E-state index in [0.29, 0.717) is 6.61 Å². The number of hydrogen-bond acceptors (Lipinski definition) is 4. The summed E-state index contributed by atoms with van der Waals surface area (Å²) >= 11 is 7.41. The van der Waals surface area contributed by atoms with Gasteiger partial charge in [0.15, 0.2) is 0 Å². The molecule has 0 saturated carbocycles. The SMILES string of the molecule is CC(C)(C)NCc1ccc(OCc2ccc(Cl)s2)cn1. The van der Waals surface area contributed by atoms with Crippen molar-refractivity contribution < 1.29 is 4.74 Å². The maximum atomic E-state index is 5.88. The van der Waals surface area contributed by atoms with Crippen molar-refractivity contribution in [3.63, 3.8) is 0 Å². The molecule has 2 heterocycles. The lowest BCUT2D eigenvalue weighted by Gasteiger charge is -2.20. The van der Waals surface area contributed by atoms with E-state index < -0.39 is 0 Å². The Morgan fingerprint density at radius 2 is 2.05 bits per heavy atom. The van der Waals surface area contributed by atoms with Gasteiger partial charge in [0.2, 0.25) is 0 Å². The minimum atomic E-state index is 0.0926. The van der Waals surface area contributed by atoms with Gasteiger partial charge in [-0.3, -0.25) is 4.98 Å². The molecule has 2 aromatic rings. The Morgan fingerprint density at radius 3 is 2.60 bits per heavy atom. The van der Waals surface area contributed by atoms with Gasteiger partial charge in [-0.1, -0.05) is 11.6 Å². The van der Waals surface area contributed by atoms with E-state index in [1.165, 1.54) is 11.3 Å². The molecule has 0 radical (unpaired) electrons. The highest BCUT2D eigenvalue weighted by Crippen LogP contribution is 2.22. The summed E-state index contributed by atoms with van der Waals surface area (Å²) in [6.45, 7) is 7.69. The summed E-state index contributed by atoms with van der Waals surface area (Å²) in [4.78, 5) is 5.49. The Bertz CT molecular complexity index is 546. The minimum Gasteiger partial charge on any atom is -0.486 e. The van der Waals surface area contributed by atoms with Gasteiger partial charge in [0.05, 0.1) is 16.2 Å². The van der Waals surface area contributed by atoms with E-state index in [-0.39, 0.29) is 5.54 Å². The fourth-order valence-corrected chi connectivity index (χ4v) is 2.54. The summed E-state index contributed by atoms with van der Waals surface area (Å²) in [5, 5.41) is 3.40. The average molecular weight is 311 g/mol. The monoisotopic (exact) mass is 310 g/mol. The van der Waals surface area contributed by atoms with Gasteiger partial charge in [0.1, 0.15) is 12.4 Å². The Labute approximate surface area is 129 Å². The molecule has 0 aliphatic heterocycles. The van der Waals surface area contributed by atoms with Crippen LogP contribution in [0.15, 0.2) is 30.5 Å². The van der Waals surface area contributed by atoms with E-state index in [2.05, 4.69) is 31.1 Å². The van der Waals surface area contributed by atoms with Gasteiger partial charge in [0, 0.05) is 17.0 Å². The first-order chi connectivity index (χ1) is 9.42. The molecule has 0 amide bonds. The van der Waals surface area contributed by atoms with Crippen LogP contribution in [0.4, 0.5) is 0 Å². The fourth-order valence-electron chi connectivity index (χ4n) is 1.54. The van der Waals surface area contributed by atoms with Crippen molar-refractivity contribution in [3.05, 3.63) is 45.4 Å². The smallest absolute Gasteiger partial charge is 0.138 e. The number of aromatic nitrogens is 1. The van der Waals surface area contributed by atoms with Gasteiger partial charge in [-0.05, 0) is 45.0 Å². The highest BCUT2D eigenvalue weighted by molar-refractivity contribution is 7.16. The molecular formula is C15H19ClN2OS. The largest absolute Gasteiger partial charge is 0.486 e. The summed E-state index contributed by atoms with van der Waals surface area (Å²) in [5.41, 5.74) is 1.10. The van der Waals surface area contributed by atoms with Gasteiger partial charge < -0.3 is 10.1 Å². The van der Waals surface area contributed by atoms with Crippen molar-refractivity contribution in [2.45, 2.75) is 39.5 Å². The number of thiophene rings is 1. The summed E-state index contributed by atoms with van der Waals surface area (Å²) in [6.07, 6.45) is 1.76. The Balaban J connectivity index is 1.85. The number of hydrogen-bond donors (Lipinski definition) is 1. The van der Waals surface area contributed by atoms with Crippen LogP contribution in [0.25, 0.3) is 0 Å². The van der Waals surface area contributed by atoms with Crippen molar-refractivity contribution in [2.75, 3.05) is 0 Å². The fraction of sp³-hybridized carbons (Fsp3) is 0.400. The minimum absolute atomic E-state index is 0.0926. The van der Waals surface area contributed by atoms with Crippen LogP contribution in [0, 0.1) is 0 Å². The van der Waals surface area contributed by atoms with E-state index in [4.69, 9.17) is 16.3 Å². The summed E-state index contributed by atoms with van der Waals surface area (Å²) in [5.74, 6) is 0.772. The third-order valence-electron chi connectivity index (χ3n) is 2.61. The number of rotatable bonds is 5. The molecule has 0 aliphatic rings. The Hall–Kier alpha value is -1.10. The van der Waals surface area contributed by atoms with Crippen molar-refractivity contribution >= 4 is 22.9 Å². The lowest BCUT2D eigenvalue weighted by molar-refractivity contribution is 0.308. The second-order valence-corrected chi connectivity index (χ2v) is 7.38. The van der Waals surface area contributed by atoms with Crippen molar-refractivity contribution in [1.29, 1.82) is 0 Å². The first-order valence-electron chi connectivity index (χ1n) is 6.49. The third-order valence-corrected chi connectivity index (χ3v) is 3.81. The first kappa shape index (κ1) is 15.3. The van der Waals surface area contributed by atoms with Gasteiger partial charge in [-0.2, -0.15) is 0 Å². The molecule has 0 unspecified atom stereocenters. The van der Waals surface area contributed by atoms with Gasteiger partial charge in [-0.25, -0.2) is 0 Å². The molecule has 0 aromatic carbocycles. The van der Waals surface area contributed by atoms with Crippen LogP contribution in [0.3, 0.4) is 0 Å². The van der Waals surface area contributed by atoms with Crippen LogP contribution in [-0.4, -0.2) is 10.5 Å². The number of nitrogens with one attached hydrogen (secondary N) is 1. The molecule has 2 aromatic heterocycles. The lowest BCUT2D eigenvalue weighted by Crippen LogP contribution is -2.35.